The van der Waals surface area contributed by atoms with E-state index >= 15 is 0 Å². The summed E-state index contributed by atoms with van der Waals surface area (Å²) in [4.78, 5) is 13.0. The lowest BCUT2D eigenvalue weighted by molar-refractivity contribution is -0.384. The van der Waals surface area contributed by atoms with Gasteiger partial charge in [-0.15, -0.1) is 0 Å². The van der Waals surface area contributed by atoms with Gasteiger partial charge in [0, 0.05) is 37.8 Å². The number of piperidine rings is 1. The molecule has 0 bridgehead atoms. The molecule has 3 aromatic rings. The zero-order valence-electron chi connectivity index (χ0n) is 19.4. The lowest BCUT2D eigenvalue weighted by atomic mass is 10.0. The standard InChI is InChI=1S/C26H29N3O4S/c1-20-3-9-23(10-4-20)28(34(32,33)26-13-5-21(2)6-14-26)24-15-17-27(18-16-24)19-22-7-11-25(12-8-22)29(30)31/h3-14,24H,15-19H2,1-2H3. The largest absolute Gasteiger partial charge is 0.299 e. The number of hydrogen-bond donors (Lipinski definition) is 0. The molecule has 0 N–H and O–H groups in total. The first-order valence-corrected chi connectivity index (χ1v) is 12.8. The Morgan fingerprint density at radius 2 is 1.41 bits per heavy atom. The number of hydrogen-bond acceptors (Lipinski definition) is 5. The molecule has 0 spiro atoms. The van der Waals surface area contributed by atoms with Crippen molar-refractivity contribution >= 4 is 21.4 Å². The van der Waals surface area contributed by atoms with Crippen molar-refractivity contribution < 1.29 is 13.3 Å². The van der Waals surface area contributed by atoms with E-state index in [2.05, 4.69) is 4.90 Å². The Hall–Kier alpha value is -3.23. The monoisotopic (exact) mass is 479 g/mol. The molecule has 7 nitrogen and oxygen atoms in total. The summed E-state index contributed by atoms with van der Waals surface area (Å²) in [6, 6.07) is 21.1. The van der Waals surface area contributed by atoms with E-state index in [4.69, 9.17) is 0 Å². The van der Waals surface area contributed by atoms with Crippen LogP contribution in [0.1, 0.15) is 29.5 Å². The number of sulfonamides is 1. The van der Waals surface area contributed by atoms with Crippen LogP contribution < -0.4 is 4.31 Å². The highest BCUT2D eigenvalue weighted by molar-refractivity contribution is 7.92. The number of non-ortho nitro benzene ring substituents is 1. The Labute approximate surface area is 200 Å². The third-order valence-corrected chi connectivity index (χ3v) is 8.20. The molecule has 8 heteroatoms. The minimum absolute atomic E-state index is 0.0810. The van der Waals surface area contributed by atoms with E-state index in [1.165, 1.54) is 12.1 Å². The Bertz CT molecular complexity index is 1230. The quantitative estimate of drug-likeness (QED) is 0.349. The maximum Gasteiger partial charge on any atom is 0.269 e. The molecular weight excluding hydrogens is 450 g/mol. The van der Waals surface area contributed by atoms with Crippen LogP contribution in [0.25, 0.3) is 0 Å². The molecule has 1 saturated heterocycles. The molecule has 0 saturated carbocycles. The molecular formula is C26H29N3O4S. The fraction of sp³-hybridized carbons (Fsp3) is 0.308. The van der Waals surface area contributed by atoms with Crippen molar-refractivity contribution in [1.29, 1.82) is 0 Å². The molecule has 178 valence electrons. The first-order chi connectivity index (χ1) is 16.2. The lowest BCUT2D eigenvalue weighted by Gasteiger charge is -2.39. The number of rotatable bonds is 7. The number of nitro groups is 1. The lowest BCUT2D eigenvalue weighted by Crippen LogP contribution is -2.47. The van der Waals surface area contributed by atoms with E-state index in [0.717, 1.165) is 29.8 Å². The zero-order chi connectivity index (χ0) is 24.3. The van der Waals surface area contributed by atoms with Crippen LogP contribution in [0.3, 0.4) is 0 Å². The van der Waals surface area contributed by atoms with Crippen LogP contribution in [0.5, 0.6) is 0 Å². The van der Waals surface area contributed by atoms with Crippen LogP contribution in [0, 0.1) is 24.0 Å². The van der Waals surface area contributed by atoms with Crippen molar-refractivity contribution in [3.05, 3.63) is 99.6 Å². The maximum atomic E-state index is 13.7. The Balaban J connectivity index is 1.53. The van der Waals surface area contributed by atoms with E-state index in [0.29, 0.717) is 30.0 Å². The van der Waals surface area contributed by atoms with Crippen molar-refractivity contribution in [3.8, 4) is 0 Å². The van der Waals surface area contributed by atoms with Gasteiger partial charge in [-0.25, -0.2) is 8.42 Å². The third-order valence-electron chi connectivity index (χ3n) is 6.31. The molecule has 0 unspecified atom stereocenters. The van der Waals surface area contributed by atoms with E-state index in [-0.39, 0.29) is 11.7 Å². The third kappa shape index (κ3) is 5.29. The number of likely N-dealkylation sites (tertiary alicyclic amines) is 1. The van der Waals surface area contributed by atoms with Crippen LogP contribution in [-0.4, -0.2) is 37.4 Å². The molecule has 1 fully saturated rings. The maximum absolute atomic E-state index is 13.7. The van der Waals surface area contributed by atoms with E-state index < -0.39 is 14.9 Å². The van der Waals surface area contributed by atoms with Crippen LogP contribution in [0.15, 0.2) is 77.7 Å². The smallest absolute Gasteiger partial charge is 0.269 e. The normalized spacial score (nSPS) is 15.2. The van der Waals surface area contributed by atoms with Crippen LogP contribution in [0.2, 0.25) is 0 Å². The summed E-state index contributed by atoms with van der Waals surface area (Å²) in [7, 11) is -3.72. The summed E-state index contributed by atoms with van der Waals surface area (Å²) in [5.41, 5.74) is 3.86. The number of aryl methyl sites for hydroxylation is 2. The number of nitrogens with zero attached hydrogens (tertiary/aromatic N) is 3. The minimum atomic E-state index is -3.72. The minimum Gasteiger partial charge on any atom is -0.299 e. The van der Waals surface area contributed by atoms with Gasteiger partial charge in [0.25, 0.3) is 15.7 Å². The Morgan fingerprint density at radius 3 is 1.94 bits per heavy atom. The molecule has 0 amide bonds. The Morgan fingerprint density at radius 1 is 0.882 bits per heavy atom. The van der Waals surface area contributed by atoms with Crippen molar-refractivity contribution in [2.24, 2.45) is 0 Å². The van der Waals surface area contributed by atoms with E-state index in [1.54, 1.807) is 28.6 Å². The molecule has 0 aromatic heterocycles. The highest BCUT2D eigenvalue weighted by Crippen LogP contribution is 2.31. The highest BCUT2D eigenvalue weighted by Gasteiger charge is 2.34. The Kier molecular flexibility index (Phi) is 7.00. The molecule has 1 heterocycles. The molecule has 4 rings (SSSR count). The number of anilines is 1. The van der Waals surface area contributed by atoms with Crippen molar-refractivity contribution in [3.63, 3.8) is 0 Å². The summed E-state index contributed by atoms with van der Waals surface area (Å²) >= 11 is 0. The summed E-state index contributed by atoms with van der Waals surface area (Å²) in [5, 5.41) is 10.9. The zero-order valence-corrected chi connectivity index (χ0v) is 20.2. The van der Waals surface area contributed by atoms with Gasteiger partial charge >= 0.3 is 0 Å². The summed E-state index contributed by atoms with van der Waals surface area (Å²) < 4.78 is 29.1. The van der Waals surface area contributed by atoms with Gasteiger partial charge in [0.1, 0.15) is 0 Å². The molecule has 1 aliphatic rings. The second kappa shape index (κ2) is 9.95. The van der Waals surface area contributed by atoms with Gasteiger partial charge in [-0.1, -0.05) is 47.5 Å². The first kappa shape index (κ1) is 23.9. The number of benzene rings is 3. The van der Waals surface area contributed by atoms with Gasteiger partial charge in [-0.3, -0.25) is 19.3 Å². The average molecular weight is 480 g/mol. The van der Waals surface area contributed by atoms with Crippen molar-refractivity contribution in [1.82, 2.24) is 4.90 Å². The van der Waals surface area contributed by atoms with Gasteiger partial charge in [0.2, 0.25) is 0 Å². The predicted octanol–water partition coefficient (Wildman–Crippen LogP) is 5.07. The van der Waals surface area contributed by atoms with Crippen molar-refractivity contribution in [2.45, 2.75) is 44.2 Å². The van der Waals surface area contributed by atoms with Gasteiger partial charge < -0.3 is 0 Å². The second-order valence-corrected chi connectivity index (χ2v) is 10.7. The van der Waals surface area contributed by atoms with Crippen LogP contribution >= 0.6 is 0 Å². The van der Waals surface area contributed by atoms with Gasteiger partial charge in [-0.2, -0.15) is 0 Å². The van der Waals surface area contributed by atoms with Gasteiger partial charge in [-0.05, 0) is 56.5 Å². The van der Waals surface area contributed by atoms with Gasteiger partial charge in [0.15, 0.2) is 0 Å². The fourth-order valence-electron chi connectivity index (χ4n) is 4.35. The molecule has 0 aliphatic carbocycles. The first-order valence-electron chi connectivity index (χ1n) is 11.4. The highest BCUT2D eigenvalue weighted by atomic mass is 32.2. The van der Waals surface area contributed by atoms with Crippen LogP contribution in [0.4, 0.5) is 11.4 Å². The second-order valence-electron chi connectivity index (χ2n) is 8.88. The van der Waals surface area contributed by atoms with E-state index in [1.807, 2.05) is 50.2 Å². The SMILES string of the molecule is Cc1ccc(N(C2CCN(Cc3ccc([N+](=O)[O-])cc3)CC2)S(=O)(=O)c2ccc(C)cc2)cc1. The molecule has 1 aliphatic heterocycles. The van der Waals surface area contributed by atoms with Crippen molar-refractivity contribution in [2.75, 3.05) is 17.4 Å². The molecule has 0 atom stereocenters. The predicted molar refractivity (Wildman–Crippen MR) is 133 cm³/mol. The average Bonchev–Trinajstić information content (AvgIpc) is 2.82. The topological polar surface area (TPSA) is 83.8 Å². The fourth-order valence-corrected chi connectivity index (χ4v) is 6.06. The molecule has 3 aromatic carbocycles. The summed E-state index contributed by atoms with van der Waals surface area (Å²) in [6.07, 6.45) is 1.40. The van der Waals surface area contributed by atoms with E-state index in [9.17, 15) is 18.5 Å². The molecule has 34 heavy (non-hydrogen) atoms. The summed E-state index contributed by atoms with van der Waals surface area (Å²) in [5.74, 6) is 0. The van der Waals surface area contributed by atoms with Gasteiger partial charge in [0.05, 0.1) is 15.5 Å². The molecule has 0 radical (unpaired) electrons. The number of nitro benzene ring substituents is 1. The summed E-state index contributed by atoms with van der Waals surface area (Å²) in [6.45, 7) is 6.09. The van der Waals surface area contributed by atoms with Crippen LogP contribution in [-0.2, 0) is 16.6 Å².